The summed E-state index contributed by atoms with van der Waals surface area (Å²) in [5, 5.41) is 0. The second-order valence-electron chi connectivity index (χ2n) is 6.24. The van der Waals surface area contributed by atoms with Gasteiger partial charge in [0.15, 0.2) is 9.84 Å². The van der Waals surface area contributed by atoms with Crippen LogP contribution < -0.4 is 0 Å². The lowest BCUT2D eigenvalue weighted by Crippen LogP contribution is -2.53. The Kier molecular flexibility index (Phi) is 4.33. The van der Waals surface area contributed by atoms with Gasteiger partial charge in [-0.1, -0.05) is 18.2 Å². The third-order valence-electron chi connectivity index (χ3n) is 4.61. The molecule has 0 spiro atoms. The molecule has 1 aliphatic heterocycles. The van der Waals surface area contributed by atoms with Gasteiger partial charge in [0.1, 0.15) is 0 Å². The molecule has 0 aromatic heterocycles. The minimum atomic E-state index is -3.16. The fourth-order valence-electron chi connectivity index (χ4n) is 3.11. The van der Waals surface area contributed by atoms with Gasteiger partial charge in [-0.2, -0.15) is 0 Å². The van der Waals surface area contributed by atoms with Crippen LogP contribution in [-0.4, -0.2) is 62.2 Å². The number of nitrogens with zero attached hydrogens (tertiary/aromatic N) is 2. The lowest BCUT2D eigenvalue weighted by Gasteiger charge is -2.40. The summed E-state index contributed by atoms with van der Waals surface area (Å²) in [5.41, 5.74) is 0. The zero-order valence-electron chi connectivity index (χ0n) is 12.6. The monoisotopic (exact) mass is 308 g/mol. The summed E-state index contributed by atoms with van der Waals surface area (Å²) in [7, 11) is -3.16. The Morgan fingerprint density at radius 3 is 2.48 bits per heavy atom. The Labute approximate surface area is 127 Å². The van der Waals surface area contributed by atoms with Crippen LogP contribution in [0.4, 0.5) is 0 Å². The average Bonchev–Trinajstić information content (AvgIpc) is 3.31. The first kappa shape index (κ1) is 15.0. The van der Waals surface area contributed by atoms with Crippen LogP contribution in [0.1, 0.15) is 19.8 Å². The molecule has 116 valence electrons. The summed E-state index contributed by atoms with van der Waals surface area (Å²) in [6.45, 7) is 6.00. The molecule has 1 heterocycles. The van der Waals surface area contributed by atoms with Crippen molar-refractivity contribution >= 4 is 9.84 Å². The van der Waals surface area contributed by atoms with Crippen molar-refractivity contribution in [2.24, 2.45) is 0 Å². The minimum Gasteiger partial charge on any atom is -0.298 e. The van der Waals surface area contributed by atoms with Crippen molar-refractivity contribution in [2.75, 3.05) is 31.9 Å². The number of benzene rings is 1. The van der Waals surface area contributed by atoms with E-state index >= 15 is 0 Å². The number of sulfone groups is 1. The molecule has 1 unspecified atom stereocenters. The number of rotatable bonds is 5. The maximum atomic E-state index is 12.3. The predicted molar refractivity (Wildman–Crippen MR) is 84.1 cm³/mol. The fraction of sp³-hybridized carbons (Fsp3) is 0.625. The van der Waals surface area contributed by atoms with Crippen molar-refractivity contribution in [2.45, 2.75) is 36.7 Å². The highest BCUT2D eigenvalue weighted by Gasteiger charge is 2.34. The van der Waals surface area contributed by atoms with Gasteiger partial charge in [0.05, 0.1) is 10.6 Å². The third-order valence-corrected chi connectivity index (χ3v) is 6.32. The molecule has 2 fully saturated rings. The van der Waals surface area contributed by atoms with Gasteiger partial charge in [0.2, 0.25) is 0 Å². The number of hydrogen-bond donors (Lipinski definition) is 0. The van der Waals surface area contributed by atoms with Gasteiger partial charge < -0.3 is 0 Å². The van der Waals surface area contributed by atoms with E-state index in [1.165, 1.54) is 12.8 Å². The molecule has 3 rings (SSSR count). The molecule has 1 aliphatic carbocycles. The molecule has 2 aliphatic rings. The highest BCUT2D eigenvalue weighted by molar-refractivity contribution is 7.91. The summed E-state index contributed by atoms with van der Waals surface area (Å²) >= 11 is 0. The van der Waals surface area contributed by atoms with E-state index in [-0.39, 0.29) is 5.75 Å². The summed E-state index contributed by atoms with van der Waals surface area (Å²) in [5.74, 6) is 0.213. The Balaban J connectivity index is 1.55. The van der Waals surface area contributed by atoms with Crippen LogP contribution >= 0.6 is 0 Å². The van der Waals surface area contributed by atoms with Crippen LogP contribution in [0.3, 0.4) is 0 Å². The van der Waals surface area contributed by atoms with Gasteiger partial charge in [0, 0.05) is 38.3 Å². The van der Waals surface area contributed by atoms with E-state index in [4.69, 9.17) is 0 Å². The molecule has 1 aromatic rings. The van der Waals surface area contributed by atoms with E-state index < -0.39 is 9.84 Å². The topological polar surface area (TPSA) is 40.6 Å². The van der Waals surface area contributed by atoms with Crippen LogP contribution in [0.25, 0.3) is 0 Å². The molecule has 21 heavy (non-hydrogen) atoms. The Morgan fingerprint density at radius 2 is 1.86 bits per heavy atom. The largest absolute Gasteiger partial charge is 0.298 e. The first-order chi connectivity index (χ1) is 10.1. The Morgan fingerprint density at radius 1 is 1.14 bits per heavy atom. The van der Waals surface area contributed by atoms with E-state index in [1.54, 1.807) is 24.3 Å². The molecule has 0 bridgehead atoms. The van der Waals surface area contributed by atoms with Gasteiger partial charge in [-0.15, -0.1) is 0 Å². The Bertz CT molecular complexity index is 569. The third kappa shape index (κ3) is 3.65. The molecule has 0 amide bonds. The molecule has 1 saturated heterocycles. The van der Waals surface area contributed by atoms with Gasteiger partial charge in [0.25, 0.3) is 0 Å². The normalized spacial score (nSPS) is 25.1. The zero-order chi connectivity index (χ0) is 14.9. The van der Waals surface area contributed by atoms with Crippen molar-refractivity contribution in [1.29, 1.82) is 0 Å². The van der Waals surface area contributed by atoms with Crippen LogP contribution in [0.15, 0.2) is 35.2 Å². The fourth-order valence-corrected chi connectivity index (χ4v) is 4.39. The second kappa shape index (κ2) is 6.07. The van der Waals surface area contributed by atoms with Crippen LogP contribution in [-0.2, 0) is 9.84 Å². The predicted octanol–water partition coefficient (Wildman–Crippen LogP) is 1.63. The number of piperazine rings is 1. The Hall–Kier alpha value is -0.910. The lowest BCUT2D eigenvalue weighted by atomic mass is 10.2. The van der Waals surface area contributed by atoms with Crippen molar-refractivity contribution in [3.8, 4) is 0 Å². The van der Waals surface area contributed by atoms with Gasteiger partial charge in [-0.05, 0) is 31.9 Å². The molecule has 1 saturated carbocycles. The lowest BCUT2D eigenvalue weighted by molar-refractivity contribution is 0.0836. The van der Waals surface area contributed by atoms with E-state index in [1.807, 2.05) is 6.07 Å². The van der Waals surface area contributed by atoms with Crippen molar-refractivity contribution in [1.82, 2.24) is 9.80 Å². The van der Waals surface area contributed by atoms with Crippen molar-refractivity contribution in [3.63, 3.8) is 0 Å². The van der Waals surface area contributed by atoms with Gasteiger partial charge in [-0.25, -0.2) is 8.42 Å². The second-order valence-corrected chi connectivity index (χ2v) is 8.35. The van der Waals surface area contributed by atoms with E-state index in [0.29, 0.717) is 17.5 Å². The molecular weight excluding hydrogens is 284 g/mol. The molecule has 4 nitrogen and oxygen atoms in total. The van der Waals surface area contributed by atoms with Crippen LogP contribution in [0.2, 0.25) is 0 Å². The molecule has 1 aromatic carbocycles. The quantitative estimate of drug-likeness (QED) is 0.829. The summed E-state index contributed by atoms with van der Waals surface area (Å²) in [6.07, 6.45) is 2.68. The highest BCUT2D eigenvalue weighted by atomic mass is 32.2. The van der Waals surface area contributed by atoms with Crippen LogP contribution in [0, 0.1) is 0 Å². The standard InChI is InChI=1S/C16H24N2O2S/c1-14-13-18(15-7-8-15)10-9-17(14)11-12-21(19,20)16-5-3-2-4-6-16/h2-6,14-15H,7-13H2,1H3. The maximum Gasteiger partial charge on any atom is 0.179 e. The smallest absolute Gasteiger partial charge is 0.179 e. The van der Waals surface area contributed by atoms with Crippen molar-refractivity contribution in [3.05, 3.63) is 30.3 Å². The molecule has 5 heteroatoms. The van der Waals surface area contributed by atoms with E-state index in [2.05, 4.69) is 16.7 Å². The number of hydrogen-bond acceptors (Lipinski definition) is 4. The minimum absolute atomic E-state index is 0.213. The first-order valence-corrected chi connectivity index (χ1v) is 9.47. The van der Waals surface area contributed by atoms with Gasteiger partial charge >= 0.3 is 0 Å². The molecule has 1 atom stereocenters. The average molecular weight is 308 g/mol. The van der Waals surface area contributed by atoms with Gasteiger partial charge in [-0.3, -0.25) is 9.80 Å². The SMILES string of the molecule is CC1CN(C2CC2)CCN1CCS(=O)(=O)c1ccccc1. The van der Waals surface area contributed by atoms with Crippen LogP contribution in [0.5, 0.6) is 0 Å². The summed E-state index contributed by atoms with van der Waals surface area (Å²) in [6, 6.07) is 10.0. The maximum absolute atomic E-state index is 12.3. The summed E-state index contributed by atoms with van der Waals surface area (Å²) < 4.78 is 24.7. The van der Waals surface area contributed by atoms with Crippen molar-refractivity contribution < 1.29 is 8.42 Å². The zero-order valence-corrected chi connectivity index (χ0v) is 13.4. The highest BCUT2D eigenvalue weighted by Crippen LogP contribution is 2.28. The molecular formula is C16H24N2O2S. The summed E-state index contributed by atoms with van der Waals surface area (Å²) in [4.78, 5) is 5.32. The van der Waals surface area contributed by atoms with E-state index in [0.717, 1.165) is 25.7 Å². The first-order valence-electron chi connectivity index (χ1n) is 7.82. The molecule has 0 N–H and O–H groups in total. The molecule has 0 radical (unpaired) electrons. The van der Waals surface area contributed by atoms with E-state index in [9.17, 15) is 8.42 Å².